The number of hydrogen-bond acceptors (Lipinski definition) is 0. The van der Waals surface area contributed by atoms with E-state index in [-0.39, 0.29) is 0 Å². The molecular formula is C18H23B. The van der Waals surface area contributed by atoms with E-state index in [0.29, 0.717) is 0 Å². The van der Waals surface area contributed by atoms with Gasteiger partial charge in [0.15, 0.2) is 7.28 Å². The predicted octanol–water partition coefficient (Wildman–Crippen LogP) is 2.92. The third-order valence-corrected chi connectivity index (χ3v) is 4.03. The van der Waals surface area contributed by atoms with Crippen molar-refractivity contribution >= 4 is 18.2 Å². The smallest absolute Gasteiger partial charge is 0.0728 e. The molecule has 98 valence electrons. The van der Waals surface area contributed by atoms with Crippen LogP contribution in [-0.4, -0.2) is 7.28 Å². The highest BCUT2D eigenvalue weighted by Crippen LogP contribution is 2.08. The highest BCUT2D eigenvalue weighted by atomic mass is 14.0. The standard InChI is InChI=1S/C18H23B/c1-11-7-13(3)17(14(4)8-11)19-18-15(5)9-12(2)10-16(18)6/h7-10,19H,1-6H3. The normalized spacial score (nSPS) is 10.6. The molecule has 0 radical (unpaired) electrons. The van der Waals surface area contributed by atoms with Gasteiger partial charge in [0.2, 0.25) is 0 Å². The molecule has 0 aromatic heterocycles. The van der Waals surface area contributed by atoms with E-state index < -0.39 is 0 Å². The molecule has 0 N–H and O–H groups in total. The summed E-state index contributed by atoms with van der Waals surface area (Å²) in [6.45, 7) is 13.3. The fourth-order valence-corrected chi connectivity index (χ4v) is 3.15. The summed E-state index contributed by atoms with van der Waals surface area (Å²) < 4.78 is 0. The molecule has 19 heavy (non-hydrogen) atoms. The summed E-state index contributed by atoms with van der Waals surface area (Å²) in [6.07, 6.45) is 0. The highest BCUT2D eigenvalue weighted by Gasteiger charge is 2.11. The second kappa shape index (κ2) is 5.24. The summed E-state index contributed by atoms with van der Waals surface area (Å²) in [6, 6.07) is 9.17. The Labute approximate surface area is 118 Å². The first-order chi connectivity index (χ1) is 8.88. The van der Waals surface area contributed by atoms with Gasteiger partial charge in [-0.2, -0.15) is 0 Å². The molecule has 0 fully saturated rings. The third-order valence-electron chi connectivity index (χ3n) is 4.03. The number of aryl methyl sites for hydroxylation is 6. The van der Waals surface area contributed by atoms with Gasteiger partial charge in [-0.3, -0.25) is 0 Å². The second-order valence-electron chi connectivity index (χ2n) is 5.93. The van der Waals surface area contributed by atoms with Gasteiger partial charge in [0.25, 0.3) is 0 Å². The molecule has 2 rings (SSSR count). The maximum Gasteiger partial charge on any atom is 0.193 e. The van der Waals surface area contributed by atoms with Crippen molar-refractivity contribution in [3.63, 3.8) is 0 Å². The summed E-state index contributed by atoms with van der Waals surface area (Å²) >= 11 is 0. The van der Waals surface area contributed by atoms with Crippen LogP contribution in [0.1, 0.15) is 33.4 Å². The lowest BCUT2D eigenvalue weighted by molar-refractivity contribution is 1.34. The fourth-order valence-electron chi connectivity index (χ4n) is 3.15. The molecular weight excluding hydrogens is 227 g/mol. The average Bonchev–Trinajstić information content (AvgIpc) is 2.25. The zero-order valence-electron chi connectivity index (χ0n) is 13.0. The molecule has 0 bridgehead atoms. The molecule has 0 aliphatic heterocycles. The van der Waals surface area contributed by atoms with Gasteiger partial charge in [-0.05, 0) is 41.5 Å². The topological polar surface area (TPSA) is 0 Å². The van der Waals surface area contributed by atoms with Gasteiger partial charge in [0, 0.05) is 0 Å². The zero-order chi connectivity index (χ0) is 14.2. The predicted molar refractivity (Wildman–Crippen MR) is 87.7 cm³/mol. The number of hydrogen-bond donors (Lipinski definition) is 0. The van der Waals surface area contributed by atoms with Gasteiger partial charge in [0.05, 0.1) is 0 Å². The van der Waals surface area contributed by atoms with E-state index in [0.717, 1.165) is 7.28 Å². The summed E-state index contributed by atoms with van der Waals surface area (Å²) in [7, 11) is 1.05. The molecule has 0 saturated heterocycles. The van der Waals surface area contributed by atoms with Crippen molar-refractivity contribution in [3.8, 4) is 0 Å². The van der Waals surface area contributed by atoms with Crippen molar-refractivity contribution in [3.05, 3.63) is 57.6 Å². The molecule has 0 unspecified atom stereocenters. The first-order valence-corrected chi connectivity index (χ1v) is 7.02. The van der Waals surface area contributed by atoms with Crippen LogP contribution in [0.15, 0.2) is 24.3 Å². The van der Waals surface area contributed by atoms with E-state index in [1.165, 1.54) is 44.3 Å². The maximum atomic E-state index is 2.29. The van der Waals surface area contributed by atoms with Gasteiger partial charge in [0.1, 0.15) is 0 Å². The van der Waals surface area contributed by atoms with Gasteiger partial charge in [-0.1, -0.05) is 68.6 Å². The number of benzene rings is 2. The molecule has 0 saturated carbocycles. The summed E-state index contributed by atoms with van der Waals surface area (Å²) in [5.41, 5.74) is 11.3. The van der Waals surface area contributed by atoms with Crippen LogP contribution >= 0.6 is 0 Å². The first-order valence-electron chi connectivity index (χ1n) is 7.02. The molecule has 0 spiro atoms. The minimum Gasteiger partial charge on any atom is -0.0728 e. The van der Waals surface area contributed by atoms with Crippen LogP contribution in [-0.2, 0) is 0 Å². The van der Waals surface area contributed by atoms with E-state index in [9.17, 15) is 0 Å². The quantitative estimate of drug-likeness (QED) is 0.719. The minimum absolute atomic E-state index is 1.05. The lowest BCUT2D eigenvalue weighted by atomic mass is 9.58. The molecule has 0 nitrogen and oxygen atoms in total. The van der Waals surface area contributed by atoms with Crippen molar-refractivity contribution < 1.29 is 0 Å². The van der Waals surface area contributed by atoms with Crippen LogP contribution in [0.5, 0.6) is 0 Å². The van der Waals surface area contributed by atoms with Gasteiger partial charge in [-0.15, -0.1) is 0 Å². The molecule has 0 amide bonds. The van der Waals surface area contributed by atoms with E-state index >= 15 is 0 Å². The Bertz CT molecular complexity index is 522. The van der Waals surface area contributed by atoms with Crippen molar-refractivity contribution in [2.75, 3.05) is 0 Å². The molecule has 2 aromatic carbocycles. The van der Waals surface area contributed by atoms with E-state index in [2.05, 4.69) is 65.8 Å². The summed E-state index contributed by atoms with van der Waals surface area (Å²) in [5, 5.41) is 0. The Balaban J connectivity index is 2.48. The van der Waals surface area contributed by atoms with Gasteiger partial charge < -0.3 is 0 Å². The molecule has 0 aliphatic carbocycles. The first kappa shape index (κ1) is 13.9. The van der Waals surface area contributed by atoms with E-state index in [1.807, 2.05) is 0 Å². The fraction of sp³-hybridized carbons (Fsp3) is 0.333. The van der Waals surface area contributed by atoms with E-state index in [4.69, 9.17) is 0 Å². The van der Waals surface area contributed by atoms with Crippen LogP contribution in [0.3, 0.4) is 0 Å². The maximum absolute atomic E-state index is 2.29. The lowest BCUT2D eigenvalue weighted by Gasteiger charge is -2.15. The number of rotatable bonds is 2. The lowest BCUT2D eigenvalue weighted by Crippen LogP contribution is -2.34. The molecule has 2 aromatic rings. The Hall–Kier alpha value is -1.50. The highest BCUT2D eigenvalue weighted by molar-refractivity contribution is 6.69. The minimum atomic E-state index is 1.05. The average molecular weight is 250 g/mol. The molecule has 1 heteroatoms. The van der Waals surface area contributed by atoms with Crippen LogP contribution < -0.4 is 10.9 Å². The van der Waals surface area contributed by atoms with Crippen LogP contribution in [0.2, 0.25) is 0 Å². The monoisotopic (exact) mass is 250 g/mol. The summed E-state index contributed by atoms with van der Waals surface area (Å²) in [4.78, 5) is 0. The van der Waals surface area contributed by atoms with Crippen LogP contribution in [0.4, 0.5) is 0 Å². The van der Waals surface area contributed by atoms with Gasteiger partial charge in [-0.25, -0.2) is 0 Å². The Morgan fingerprint density at radius 1 is 0.526 bits per heavy atom. The van der Waals surface area contributed by atoms with Crippen molar-refractivity contribution in [2.24, 2.45) is 0 Å². The van der Waals surface area contributed by atoms with Crippen molar-refractivity contribution in [1.82, 2.24) is 0 Å². The third kappa shape index (κ3) is 2.92. The van der Waals surface area contributed by atoms with Crippen molar-refractivity contribution in [1.29, 1.82) is 0 Å². The van der Waals surface area contributed by atoms with Crippen LogP contribution in [0.25, 0.3) is 0 Å². The zero-order valence-corrected chi connectivity index (χ0v) is 13.0. The SMILES string of the molecule is Cc1cc(C)c(Bc2c(C)cc(C)cc2C)c(C)c1. The molecule has 0 aliphatic rings. The second-order valence-corrected chi connectivity index (χ2v) is 5.93. The Morgan fingerprint density at radius 3 is 1.05 bits per heavy atom. The van der Waals surface area contributed by atoms with E-state index in [1.54, 1.807) is 0 Å². The van der Waals surface area contributed by atoms with Crippen molar-refractivity contribution in [2.45, 2.75) is 41.5 Å². The molecule has 0 atom stereocenters. The van der Waals surface area contributed by atoms with Gasteiger partial charge >= 0.3 is 0 Å². The largest absolute Gasteiger partial charge is 0.193 e. The Kier molecular flexibility index (Phi) is 3.84. The molecule has 0 heterocycles. The van der Waals surface area contributed by atoms with Crippen LogP contribution in [0, 0.1) is 41.5 Å². The Morgan fingerprint density at radius 2 is 0.789 bits per heavy atom. The summed E-state index contributed by atoms with van der Waals surface area (Å²) in [5.74, 6) is 0.